The van der Waals surface area contributed by atoms with Gasteiger partial charge in [-0.1, -0.05) is 18.2 Å². The molecule has 0 bridgehead atoms. The van der Waals surface area contributed by atoms with E-state index in [4.69, 9.17) is 0 Å². The van der Waals surface area contributed by atoms with E-state index in [1.54, 1.807) is 0 Å². The molecule has 0 radical (unpaired) electrons. The number of hydrogen-bond donors (Lipinski definition) is 1. The molecular weight excluding hydrogens is 248 g/mol. The van der Waals surface area contributed by atoms with Crippen molar-refractivity contribution in [3.8, 4) is 0 Å². The average Bonchev–Trinajstić information content (AvgIpc) is 2.59. The zero-order chi connectivity index (χ0) is 13.2. The summed E-state index contributed by atoms with van der Waals surface area (Å²) < 4.78 is 26.6. The monoisotopic (exact) mass is 266 g/mol. The molecule has 1 aromatic carbocycles. The molecule has 4 nitrogen and oxygen atoms in total. The van der Waals surface area contributed by atoms with Crippen LogP contribution in [0.5, 0.6) is 0 Å². The number of rotatable bonds is 5. The maximum atomic E-state index is 11.0. The van der Waals surface area contributed by atoms with Gasteiger partial charge in [0, 0.05) is 24.3 Å². The first kappa shape index (κ1) is 13.1. The number of aromatic nitrogens is 1. The Morgan fingerprint density at radius 2 is 2.00 bits per heavy atom. The Balaban J connectivity index is 2.06. The Kier molecular flexibility index (Phi) is 3.73. The molecule has 0 atom stereocenters. The van der Waals surface area contributed by atoms with E-state index in [2.05, 4.69) is 34.4 Å². The molecule has 5 heteroatoms. The van der Waals surface area contributed by atoms with Crippen molar-refractivity contribution >= 4 is 20.9 Å². The van der Waals surface area contributed by atoms with E-state index in [1.807, 2.05) is 12.1 Å². The minimum atomic E-state index is -3.08. The van der Waals surface area contributed by atoms with Crippen LogP contribution < -0.4 is 4.72 Å². The van der Waals surface area contributed by atoms with Gasteiger partial charge in [0.1, 0.15) is 0 Å². The summed E-state index contributed by atoms with van der Waals surface area (Å²) in [6.45, 7) is 3.37. The van der Waals surface area contributed by atoms with Crippen LogP contribution >= 0.6 is 0 Å². The highest BCUT2D eigenvalue weighted by Crippen LogP contribution is 2.19. The first-order chi connectivity index (χ1) is 8.47. The van der Waals surface area contributed by atoms with Gasteiger partial charge >= 0.3 is 0 Å². The van der Waals surface area contributed by atoms with Crippen LogP contribution in [0.25, 0.3) is 10.9 Å². The van der Waals surface area contributed by atoms with Crippen LogP contribution in [0.15, 0.2) is 30.3 Å². The van der Waals surface area contributed by atoms with Gasteiger partial charge in [0.05, 0.1) is 6.26 Å². The van der Waals surface area contributed by atoms with Crippen molar-refractivity contribution in [3.63, 3.8) is 0 Å². The highest BCUT2D eigenvalue weighted by molar-refractivity contribution is 7.88. The highest BCUT2D eigenvalue weighted by atomic mass is 32.2. The Labute approximate surface area is 108 Å². The first-order valence-corrected chi connectivity index (χ1v) is 7.86. The molecule has 2 aromatic rings. The number of sulfonamides is 1. The summed E-state index contributed by atoms with van der Waals surface area (Å²) >= 11 is 0. The van der Waals surface area contributed by atoms with Crippen LogP contribution in [-0.2, 0) is 16.6 Å². The van der Waals surface area contributed by atoms with Crippen molar-refractivity contribution in [2.75, 3.05) is 12.8 Å². The fraction of sp³-hybridized carbons (Fsp3) is 0.385. The van der Waals surface area contributed by atoms with E-state index < -0.39 is 10.0 Å². The van der Waals surface area contributed by atoms with Crippen molar-refractivity contribution < 1.29 is 8.42 Å². The second kappa shape index (κ2) is 5.12. The number of benzene rings is 1. The third kappa shape index (κ3) is 3.11. The minimum Gasteiger partial charge on any atom is -0.345 e. The first-order valence-electron chi connectivity index (χ1n) is 5.97. The Bertz CT molecular complexity index is 644. The molecule has 0 saturated carbocycles. The highest BCUT2D eigenvalue weighted by Gasteiger charge is 2.05. The molecule has 0 aliphatic heterocycles. The molecule has 0 aliphatic rings. The number of fused-ring (bicyclic) bond motifs is 1. The molecule has 0 fully saturated rings. The summed E-state index contributed by atoms with van der Waals surface area (Å²) in [5.41, 5.74) is 2.41. The van der Waals surface area contributed by atoms with Crippen LogP contribution in [0.2, 0.25) is 0 Å². The van der Waals surface area contributed by atoms with Gasteiger partial charge < -0.3 is 4.57 Å². The molecule has 1 heterocycles. The van der Waals surface area contributed by atoms with Crippen LogP contribution in [0.1, 0.15) is 12.1 Å². The summed E-state index contributed by atoms with van der Waals surface area (Å²) in [4.78, 5) is 0. The summed E-state index contributed by atoms with van der Waals surface area (Å²) in [5.74, 6) is 0. The van der Waals surface area contributed by atoms with Gasteiger partial charge in [0.15, 0.2) is 0 Å². The lowest BCUT2D eigenvalue weighted by molar-refractivity contribution is 0.576. The second-order valence-electron chi connectivity index (χ2n) is 4.52. The summed E-state index contributed by atoms with van der Waals surface area (Å²) in [5, 5.41) is 1.23. The molecule has 0 aliphatic carbocycles. The number of aryl methyl sites for hydroxylation is 2. The van der Waals surface area contributed by atoms with Gasteiger partial charge in [-0.3, -0.25) is 0 Å². The second-order valence-corrected chi connectivity index (χ2v) is 6.35. The Morgan fingerprint density at radius 1 is 1.28 bits per heavy atom. The Hall–Kier alpha value is -1.33. The summed E-state index contributed by atoms with van der Waals surface area (Å²) in [7, 11) is -3.08. The van der Waals surface area contributed by atoms with E-state index in [0.717, 1.165) is 13.0 Å². The molecule has 1 N–H and O–H groups in total. The van der Waals surface area contributed by atoms with E-state index >= 15 is 0 Å². The largest absolute Gasteiger partial charge is 0.345 e. The van der Waals surface area contributed by atoms with Crippen molar-refractivity contribution in [2.24, 2.45) is 0 Å². The lowest BCUT2D eigenvalue weighted by atomic mass is 10.2. The third-order valence-corrected chi connectivity index (χ3v) is 3.67. The molecule has 0 spiro atoms. The fourth-order valence-corrected chi connectivity index (χ4v) is 2.66. The lowest BCUT2D eigenvalue weighted by Gasteiger charge is -2.08. The predicted molar refractivity (Wildman–Crippen MR) is 74.1 cm³/mol. The standard InChI is InChI=1S/C13H18N2O2S/c1-11-10-12-6-3-4-7-13(12)15(11)9-5-8-14-18(2,16)17/h3-4,6-7,10,14H,5,8-9H2,1-2H3. The van der Waals surface area contributed by atoms with Crippen LogP contribution in [-0.4, -0.2) is 25.8 Å². The van der Waals surface area contributed by atoms with Crippen LogP contribution in [0.4, 0.5) is 0 Å². The van der Waals surface area contributed by atoms with Crippen molar-refractivity contribution in [3.05, 3.63) is 36.0 Å². The van der Waals surface area contributed by atoms with E-state index in [1.165, 1.54) is 22.9 Å². The van der Waals surface area contributed by atoms with Gasteiger partial charge in [-0.15, -0.1) is 0 Å². The lowest BCUT2D eigenvalue weighted by Crippen LogP contribution is -2.23. The smallest absolute Gasteiger partial charge is 0.208 e. The summed E-state index contributed by atoms with van der Waals surface area (Å²) in [6.07, 6.45) is 1.97. The van der Waals surface area contributed by atoms with Crippen molar-refractivity contribution in [1.82, 2.24) is 9.29 Å². The van der Waals surface area contributed by atoms with Crippen LogP contribution in [0, 0.1) is 6.92 Å². The maximum Gasteiger partial charge on any atom is 0.208 e. The molecule has 0 unspecified atom stereocenters. The Morgan fingerprint density at radius 3 is 2.72 bits per heavy atom. The van der Waals surface area contributed by atoms with Gasteiger partial charge in [-0.25, -0.2) is 13.1 Å². The van der Waals surface area contributed by atoms with Crippen molar-refractivity contribution in [2.45, 2.75) is 19.9 Å². The molecule has 1 aromatic heterocycles. The van der Waals surface area contributed by atoms with Gasteiger partial charge in [0.25, 0.3) is 0 Å². The molecule has 0 saturated heterocycles. The molecular formula is C13H18N2O2S. The molecule has 0 amide bonds. The van der Waals surface area contributed by atoms with E-state index in [9.17, 15) is 8.42 Å². The normalized spacial score (nSPS) is 12.1. The zero-order valence-corrected chi connectivity index (χ0v) is 11.5. The number of nitrogens with zero attached hydrogens (tertiary/aromatic N) is 1. The number of para-hydroxylation sites is 1. The van der Waals surface area contributed by atoms with Gasteiger partial charge in [0.2, 0.25) is 10.0 Å². The molecule has 98 valence electrons. The van der Waals surface area contributed by atoms with Crippen LogP contribution in [0.3, 0.4) is 0 Å². The zero-order valence-electron chi connectivity index (χ0n) is 10.7. The van der Waals surface area contributed by atoms with Gasteiger partial charge in [-0.05, 0) is 30.9 Å². The molecule has 2 rings (SSSR count). The average molecular weight is 266 g/mol. The topological polar surface area (TPSA) is 51.1 Å². The van der Waals surface area contributed by atoms with E-state index in [0.29, 0.717) is 6.54 Å². The third-order valence-electron chi connectivity index (χ3n) is 2.94. The number of hydrogen-bond acceptors (Lipinski definition) is 2. The van der Waals surface area contributed by atoms with Gasteiger partial charge in [-0.2, -0.15) is 0 Å². The summed E-state index contributed by atoms with van der Waals surface area (Å²) in [6, 6.07) is 10.4. The molecule has 18 heavy (non-hydrogen) atoms. The SMILES string of the molecule is Cc1cc2ccccc2n1CCCNS(C)(=O)=O. The predicted octanol–water partition coefficient (Wildman–Crippen LogP) is 1.89. The van der Waals surface area contributed by atoms with Crippen molar-refractivity contribution in [1.29, 1.82) is 0 Å². The van der Waals surface area contributed by atoms with E-state index in [-0.39, 0.29) is 0 Å². The minimum absolute atomic E-state index is 0.477. The fourth-order valence-electron chi connectivity index (χ4n) is 2.14. The maximum absolute atomic E-state index is 11.0. The number of nitrogens with one attached hydrogen (secondary N) is 1. The quantitative estimate of drug-likeness (QED) is 0.840.